The van der Waals surface area contributed by atoms with Gasteiger partial charge in [-0.05, 0) is 55.9 Å². The van der Waals surface area contributed by atoms with Crippen molar-refractivity contribution in [3.63, 3.8) is 0 Å². The maximum atomic E-state index is 3.92. The van der Waals surface area contributed by atoms with Gasteiger partial charge in [0.15, 0.2) is 0 Å². The first-order chi connectivity index (χ1) is 9.85. The summed E-state index contributed by atoms with van der Waals surface area (Å²) >= 11 is 0. The molecule has 0 atom stereocenters. The van der Waals surface area contributed by atoms with E-state index in [1.165, 1.54) is 56.9 Å². The van der Waals surface area contributed by atoms with Crippen LogP contribution in [0.2, 0.25) is 0 Å². The van der Waals surface area contributed by atoms with E-state index < -0.39 is 0 Å². The van der Waals surface area contributed by atoms with Crippen LogP contribution in [0, 0.1) is 5.92 Å². The first-order valence-corrected chi connectivity index (χ1v) is 8.66. The maximum absolute atomic E-state index is 3.92. The van der Waals surface area contributed by atoms with Crippen LogP contribution in [-0.2, 0) is 0 Å². The highest BCUT2D eigenvalue weighted by Gasteiger charge is 2.32. The van der Waals surface area contributed by atoms with E-state index in [0.29, 0.717) is 0 Å². The summed E-state index contributed by atoms with van der Waals surface area (Å²) in [6.45, 7) is 2.32. The van der Waals surface area contributed by atoms with Crippen LogP contribution in [0.5, 0.6) is 0 Å². The zero-order valence-corrected chi connectivity index (χ0v) is 12.9. The molecule has 1 N–H and O–H groups in total. The molecule has 0 radical (unpaired) electrons. The van der Waals surface area contributed by atoms with Crippen molar-refractivity contribution < 1.29 is 0 Å². The summed E-state index contributed by atoms with van der Waals surface area (Å²) in [4.78, 5) is 0. The lowest BCUT2D eigenvalue weighted by Gasteiger charge is -2.40. The van der Waals surface area contributed by atoms with E-state index in [1.54, 1.807) is 0 Å². The zero-order chi connectivity index (χ0) is 13.8. The lowest BCUT2D eigenvalue weighted by Crippen LogP contribution is -2.46. The molecule has 0 saturated heterocycles. The Balaban J connectivity index is 1.37. The molecule has 2 aliphatic rings. The molecule has 0 aliphatic heterocycles. The zero-order valence-electron chi connectivity index (χ0n) is 12.9. The third-order valence-corrected chi connectivity index (χ3v) is 5.42. The number of rotatable bonds is 5. The third-order valence-electron chi connectivity index (χ3n) is 5.42. The van der Waals surface area contributed by atoms with Gasteiger partial charge < -0.3 is 5.32 Å². The molecule has 1 heteroatoms. The minimum Gasteiger partial charge on any atom is -0.311 e. The molecule has 2 fully saturated rings. The molecule has 0 bridgehead atoms. The second kappa shape index (κ2) is 6.76. The smallest absolute Gasteiger partial charge is 0.00813 e. The lowest BCUT2D eigenvalue weighted by atomic mass is 9.75. The van der Waals surface area contributed by atoms with Gasteiger partial charge in [0.1, 0.15) is 0 Å². The van der Waals surface area contributed by atoms with E-state index in [9.17, 15) is 0 Å². The molecule has 2 saturated carbocycles. The SMILES string of the molecule is CCCC1CCC(NC2CC(c3ccccc3)C2)CC1. The van der Waals surface area contributed by atoms with Gasteiger partial charge in [0.05, 0.1) is 0 Å². The first-order valence-electron chi connectivity index (χ1n) is 8.66. The van der Waals surface area contributed by atoms with Gasteiger partial charge in [-0.3, -0.25) is 0 Å². The maximum Gasteiger partial charge on any atom is 0.00813 e. The quantitative estimate of drug-likeness (QED) is 0.804. The normalized spacial score (nSPS) is 33.6. The predicted molar refractivity (Wildman–Crippen MR) is 86.0 cm³/mol. The van der Waals surface area contributed by atoms with Crippen molar-refractivity contribution in [3.05, 3.63) is 35.9 Å². The van der Waals surface area contributed by atoms with Crippen molar-refractivity contribution in [2.45, 2.75) is 76.3 Å². The second-order valence-corrected chi connectivity index (χ2v) is 6.95. The summed E-state index contributed by atoms with van der Waals surface area (Å²) in [5.41, 5.74) is 1.54. The molecular formula is C19H29N. The predicted octanol–water partition coefficient (Wildman–Crippen LogP) is 4.88. The molecule has 3 rings (SSSR count). The average molecular weight is 271 g/mol. The van der Waals surface area contributed by atoms with Crippen molar-refractivity contribution in [2.75, 3.05) is 0 Å². The molecular weight excluding hydrogens is 242 g/mol. The number of nitrogens with one attached hydrogen (secondary N) is 1. The Kier molecular flexibility index (Phi) is 4.77. The van der Waals surface area contributed by atoms with E-state index >= 15 is 0 Å². The topological polar surface area (TPSA) is 12.0 Å². The van der Waals surface area contributed by atoms with Crippen molar-refractivity contribution in [1.82, 2.24) is 5.32 Å². The van der Waals surface area contributed by atoms with Crippen LogP contribution in [0.15, 0.2) is 30.3 Å². The Labute approximate surface area is 124 Å². The minimum atomic E-state index is 0.785. The molecule has 1 nitrogen and oxygen atoms in total. The fourth-order valence-corrected chi connectivity index (χ4v) is 4.11. The van der Waals surface area contributed by atoms with E-state index in [-0.39, 0.29) is 0 Å². The summed E-state index contributed by atoms with van der Waals surface area (Å²) < 4.78 is 0. The van der Waals surface area contributed by atoms with Crippen LogP contribution in [0.3, 0.4) is 0 Å². The van der Waals surface area contributed by atoms with Crippen LogP contribution in [0.1, 0.15) is 69.8 Å². The molecule has 2 aliphatic carbocycles. The Morgan fingerprint density at radius 2 is 1.65 bits per heavy atom. The van der Waals surface area contributed by atoms with Gasteiger partial charge in [-0.25, -0.2) is 0 Å². The van der Waals surface area contributed by atoms with E-state index in [1.807, 2.05) is 0 Å². The van der Waals surface area contributed by atoms with Gasteiger partial charge in [-0.1, -0.05) is 50.1 Å². The molecule has 110 valence electrons. The number of hydrogen-bond acceptors (Lipinski definition) is 1. The highest BCUT2D eigenvalue weighted by atomic mass is 15.0. The van der Waals surface area contributed by atoms with Crippen molar-refractivity contribution in [1.29, 1.82) is 0 Å². The first kappa shape index (κ1) is 14.1. The van der Waals surface area contributed by atoms with Gasteiger partial charge in [0.2, 0.25) is 0 Å². The number of benzene rings is 1. The summed E-state index contributed by atoms with van der Waals surface area (Å²) in [7, 11) is 0. The second-order valence-electron chi connectivity index (χ2n) is 6.95. The summed E-state index contributed by atoms with van der Waals surface area (Å²) in [5.74, 6) is 1.83. The molecule has 0 unspecified atom stereocenters. The number of hydrogen-bond donors (Lipinski definition) is 1. The molecule has 0 spiro atoms. The molecule has 0 aromatic heterocycles. The van der Waals surface area contributed by atoms with Gasteiger partial charge in [0, 0.05) is 12.1 Å². The highest BCUT2D eigenvalue weighted by molar-refractivity contribution is 5.22. The van der Waals surface area contributed by atoms with Crippen molar-refractivity contribution >= 4 is 0 Å². The van der Waals surface area contributed by atoms with Gasteiger partial charge in [-0.2, -0.15) is 0 Å². The monoisotopic (exact) mass is 271 g/mol. The lowest BCUT2D eigenvalue weighted by molar-refractivity contribution is 0.212. The molecule has 1 aromatic rings. The average Bonchev–Trinajstić information content (AvgIpc) is 2.45. The van der Waals surface area contributed by atoms with Crippen LogP contribution < -0.4 is 5.32 Å². The van der Waals surface area contributed by atoms with Crippen molar-refractivity contribution in [2.24, 2.45) is 5.92 Å². The Hall–Kier alpha value is -0.820. The minimum absolute atomic E-state index is 0.785. The Bertz CT molecular complexity index is 385. The Morgan fingerprint density at radius 1 is 0.950 bits per heavy atom. The van der Waals surface area contributed by atoms with Gasteiger partial charge in [0.25, 0.3) is 0 Å². The Morgan fingerprint density at radius 3 is 2.30 bits per heavy atom. The van der Waals surface area contributed by atoms with Crippen LogP contribution >= 0.6 is 0 Å². The van der Waals surface area contributed by atoms with E-state index in [2.05, 4.69) is 42.6 Å². The van der Waals surface area contributed by atoms with Crippen LogP contribution in [0.4, 0.5) is 0 Å². The molecule has 1 aromatic carbocycles. The summed E-state index contributed by atoms with van der Waals surface area (Å²) in [5, 5.41) is 3.92. The van der Waals surface area contributed by atoms with Gasteiger partial charge in [-0.15, -0.1) is 0 Å². The molecule has 20 heavy (non-hydrogen) atoms. The summed E-state index contributed by atoms with van der Waals surface area (Å²) in [6, 6.07) is 12.6. The fraction of sp³-hybridized carbons (Fsp3) is 0.684. The van der Waals surface area contributed by atoms with Crippen LogP contribution in [-0.4, -0.2) is 12.1 Å². The van der Waals surface area contributed by atoms with Gasteiger partial charge >= 0.3 is 0 Å². The van der Waals surface area contributed by atoms with E-state index in [4.69, 9.17) is 0 Å². The van der Waals surface area contributed by atoms with E-state index in [0.717, 1.165) is 23.9 Å². The largest absolute Gasteiger partial charge is 0.311 e. The summed E-state index contributed by atoms with van der Waals surface area (Å²) in [6.07, 6.45) is 11.3. The highest BCUT2D eigenvalue weighted by Crippen LogP contribution is 2.38. The van der Waals surface area contributed by atoms with Crippen LogP contribution in [0.25, 0.3) is 0 Å². The molecule has 0 heterocycles. The fourth-order valence-electron chi connectivity index (χ4n) is 4.11. The molecule has 0 amide bonds. The third kappa shape index (κ3) is 3.44. The standard InChI is InChI=1S/C19H29N/c1-2-6-15-9-11-18(12-10-15)20-19-13-17(14-19)16-7-4-3-5-8-16/h3-5,7-8,15,17-20H,2,6,9-14H2,1H3. The van der Waals surface area contributed by atoms with Crippen molar-refractivity contribution in [3.8, 4) is 0 Å².